The minimum Gasteiger partial charge on any atom is -0.343 e. The summed E-state index contributed by atoms with van der Waals surface area (Å²) >= 11 is 0. The minimum absolute atomic E-state index is 0.135. The van der Waals surface area contributed by atoms with Crippen molar-refractivity contribution < 1.29 is 29.2 Å². The Morgan fingerprint density at radius 1 is 0.800 bits per heavy atom. The third-order valence-electron chi connectivity index (χ3n) is 6.74. The number of carbonyl (C=O) groups is 5. The van der Waals surface area contributed by atoms with Crippen LogP contribution in [0, 0.1) is 0 Å². The first kappa shape index (κ1) is 30.3. The van der Waals surface area contributed by atoms with Gasteiger partial charge in [0.25, 0.3) is 0 Å². The predicted octanol–water partition coefficient (Wildman–Crippen LogP) is 0.854. The number of carbonyl (C=O) groups excluding carboxylic acids is 5. The largest absolute Gasteiger partial charge is 0.343 e. The molecule has 1 aliphatic rings. The lowest BCUT2D eigenvalue weighted by molar-refractivity contribution is -0.140. The van der Waals surface area contributed by atoms with Crippen molar-refractivity contribution in [1.82, 2.24) is 26.3 Å². The number of hydroxylamine groups is 1. The molecule has 5 N–H and O–H groups in total. The second-order valence-corrected chi connectivity index (χ2v) is 9.95. The number of likely N-dealkylation sites (N-methyl/N-ethyl adjacent to an activating group) is 1. The first-order valence-electron chi connectivity index (χ1n) is 13.4. The highest BCUT2D eigenvalue weighted by Crippen LogP contribution is 2.11. The van der Waals surface area contributed by atoms with Crippen molar-refractivity contribution in [2.75, 3.05) is 13.6 Å². The first-order chi connectivity index (χ1) is 19.3. The Kier molecular flexibility index (Phi) is 11.6. The molecule has 0 radical (unpaired) electrons. The van der Waals surface area contributed by atoms with Crippen molar-refractivity contribution in [3.05, 3.63) is 71.8 Å². The summed E-state index contributed by atoms with van der Waals surface area (Å²) in [4.78, 5) is 65.7. The molecular formula is C29H37N5O6. The van der Waals surface area contributed by atoms with Crippen LogP contribution >= 0.6 is 0 Å². The average Bonchev–Trinajstić information content (AvgIpc) is 2.95. The Labute approximate surface area is 233 Å². The zero-order chi connectivity index (χ0) is 28.9. The number of amides is 5. The molecule has 40 heavy (non-hydrogen) atoms. The van der Waals surface area contributed by atoms with E-state index in [1.165, 1.54) is 11.9 Å². The summed E-state index contributed by atoms with van der Waals surface area (Å²) < 4.78 is 0. The van der Waals surface area contributed by atoms with Gasteiger partial charge in [0.1, 0.15) is 18.1 Å². The van der Waals surface area contributed by atoms with Crippen LogP contribution in [0.25, 0.3) is 0 Å². The molecule has 1 heterocycles. The van der Waals surface area contributed by atoms with Gasteiger partial charge in [-0.15, -0.1) is 0 Å². The summed E-state index contributed by atoms with van der Waals surface area (Å²) in [5.74, 6) is -2.42. The Morgan fingerprint density at radius 2 is 1.35 bits per heavy atom. The quantitative estimate of drug-likeness (QED) is 0.167. The summed E-state index contributed by atoms with van der Waals surface area (Å²) in [6, 6.07) is 15.6. The lowest BCUT2D eigenvalue weighted by Crippen LogP contribution is -2.60. The van der Waals surface area contributed by atoms with Crippen LogP contribution in [-0.4, -0.2) is 71.4 Å². The van der Waals surface area contributed by atoms with Crippen molar-refractivity contribution >= 4 is 29.5 Å². The van der Waals surface area contributed by atoms with Crippen LogP contribution in [0.4, 0.5) is 0 Å². The van der Waals surface area contributed by atoms with Gasteiger partial charge < -0.3 is 20.9 Å². The van der Waals surface area contributed by atoms with Crippen molar-refractivity contribution in [3.63, 3.8) is 0 Å². The molecule has 1 aliphatic heterocycles. The second-order valence-electron chi connectivity index (χ2n) is 9.95. The molecule has 0 spiro atoms. The number of hydrogen-bond acceptors (Lipinski definition) is 6. The van der Waals surface area contributed by atoms with E-state index in [1.54, 1.807) is 5.48 Å². The van der Waals surface area contributed by atoms with Crippen molar-refractivity contribution in [3.8, 4) is 0 Å². The molecule has 0 aliphatic carbocycles. The van der Waals surface area contributed by atoms with E-state index in [1.807, 2.05) is 60.7 Å². The Balaban J connectivity index is 1.82. The molecule has 0 saturated carbocycles. The highest BCUT2D eigenvalue weighted by molar-refractivity contribution is 5.96. The van der Waals surface area contributed by atoms with Gasteiger partial charge in [0.2, 0.25) is 29.5 Å². The topological polar surface area (TPSA) is 157 Å². The van der Waals surface area contributed by atoms with Crippen LogP contribution in [0.5, 0.6) is 0 Å². The molecule has 2 aromatic carbocycles. The lowest BCUT2D eigenvalue weighted by atomic mass is 10.0. The summed E-state index contributed by atoms with van der Waals surface area (Å²) in [5.41, 5.74) is 3.24. The van der Waals surface area contributed by atoms with E-state index in [9.17, 15) is 24.0 Å². The molecule has 0 unspecified atom stereocenters. The van der Waals surface area contributed by atoms with Crippen LogP contribution in [0.3, 0.4) is 0 Å². The maximum atomic E-state index is 13.6. The third-order valence-corrected chi connectivity index (χ3v) is 6.74. The summed E-state index contributed by atoms with van der Waals surface area (Å²) in [6.07, 6.45) is 2.41. The first-order valence-corrected chi connectivity index (χ1v) is 13.4. The van der Waals surface area contributed by atoms with E-state index in [-0.39, 0.29) is 32.2 Å². The summed E-state index contributed by atoms with van der Waals surface area (Å²) in [5, 5.41) is 17.0. The molecule has 2 aromatic rings. The third kappa shape index (κ3) is 9.49. The van der Waals surface area contributed by atoms with Gasteiger partial charge in [-0.25, -0.2) is 5.48 Å². The smallest absolute Gasteiger partial charge is 0.245 e. The van der Waals surface area contributed by atoms with E-state index in [0.717, 1.165) is 11.1 Å². The molecule has 214 valence electrons. The second kappa shape index (κ2) is 15.4. The van der Waals surface area contributed by atoms with E-state index in [2.05, 4.69) is 16.0 Å². The fourth-order valence-electron chi connectivity index (χ4n) is 4.59. The standard InChI is InChI=1S/C29H37N5O6/c1-34-19-26(36)30-22(15-9-4-10-16-25(35)33-40)27(37)31-23(17-20-11-5-2-6-12-20)28(38)32-24(29(34)39)18-21-13-7-3-8-14-21/h2-3,5-8,11-14,22-24,40H,4,9-10,15-19H2,1H3,(H,30,36)(H,31,37)(H,32,38)(H,33,35)/t22-,23-,24-/m0/s1. The van der Waals surface area contributed by atoms with Gasteiger partial charge >= 0.3 is 0 Å². The molecule has 3 rings (SSSR count). The van der Waals surface area contributed by atoms with Crippen LogP contribution in [0.1, 0.15) is 43.2 Å². The Bertz CT molecular complexity index is 1160. The number of benzene rings is 2. The van der Waals surface area contributed by atoms with Crippen LogP contribution in [0.15, 0.2) is 60.7 Å². The van der Waals surface area contributed by atoms with Crippen molar-refractivity contribution in [2.45, 2.75) is 63.1 Å². The zero-order valence-corrected chi connectivity index (χ0v) is 22.6. The SMILES string of the molecule is CN1CC(=O)N[C@@H](CCCCCC(=O)NO)C(=O)N[C@@H](Cc2ccccc2)C(=O)N[C@@H](Cc2ccccc2)C1=O. The van der Waals surface area contributed by atoms with Gasteiger partial charge in [0, 0.05) is 26.3 Å². The molecule has 0 bridgehead atoms. The Hall–Kier alpha value is -4.25. The average molecular weight is 552 g/mol. The maximum absolute atomic E-state index is 13.6. The summed E-state index contributed by atoms with van der Waals surface area (Å²) in [7, 11) is 1.49. The van der Waals surface area contributed by atoms with Gasteiger partial charge in [-0.3, -0.25) is 29.2 Å². The minimum atomic E-state index is -0.988. The zero-order valence-electron chi connectivity index (χ0n) is 22.6. The molecule has 11 nitrogen and oxygen atoms in total. The molecule has 11 heteroatoms. The van der Waals surface area contributed by atoms with Crippen molar-refractivity contribution in [2.24, 2.45) is 0 Å². The van der Waals surface area contributed by atoms with Crippen LogP contribution in [0.2, 0.25) is 0 Å². The fraction of sp³-hybridized carbons (Fsp3) is 0.414. The number of rotatable bonds is 10. The normalized spacial score (nSPS) is 20.4. The Morgan fingerprint density at radius 3 is 1.95 bits per heavy atom. The highest BCUT2D eigenvalue weighted by Gasteiger charge is 2.33. The highest BCUT2D eigenvalue weighted by atomic mass is 16.5. The van der Waals surface area contributed by atoms with E-state index in [0.29, 0.717) is 19.3 Å². The van der Waals surface area contributed by atoms with Gasteiger partial charge in [-0.05, 0) is 24.0 Å². The molecule has 3 atom stereocenters. The van der Waals surface area contributed by atoms with E-state index in [4.69, 9.17) is 5.21 Å². The number of nitrogens with one attached hydrogen (secondary N) is 4. The molecule has 1 fully saturated rings. The van der Waals surface area contributed by atoms with Crippen LogP contribution < -0.4 is 21.4 Å². The monoisotopic (exact) mass is 551 g/mol. The number of unbranched alkanes of at least 4 members (excludes halogenated alkanes) is 2. The van der Waals surface area contributed by atoms with Gasteiger partial charge in [-0.1, -0.05) is 73.5 Å². The summed E-state index contributed by atoms with van der Waals surface area (Å²) in [6.45, 7) is -0.284. The molecule has 1 saturated heterocycles. The predicted molar refractivity (Wildman–Crippen MR) is 147 cm³/mol. The number of nitrogens with zero attached hydrogens (tertiary/aromatic N) is 1. The van der Waals surface area contributed by atoms with Crippen molar-refractivity contribution in [1.29, 1.82) is 0 Å². The number of hydrogen-bond donors (Lipinski definition) is 5. The molecule has 5 amide bonds. The lowest BCUT2D eigenvalue weighted by Gasteiger charge is -2.29. The van der Waals surface area contributed by atoms with E-state index < -0.39 is 47.7 Å². The van der Waals surface area contributed by atoms with Gasteiger partial charge in [0.15, 0.2) is 0 Å². The molecular weight excluding hydrogens is 514 g/mol. The van der Waals surface area contributed by atoms with Crippen LogP contribution in [-0.2, 0) is 36.8 Å². The maximum Gasteiger partial charge on any atom is 0.245 e. The van der Waals surface area contributed by atoms with Gasteiger partial charge in [-0.2, -0.15) is 0 Å². The van der Waals surface area contributed by atoms with E-state index >= 15 is 0 Å². The van der Waals surface area contributed by atoms with Gasteiger partial charge in [0.05, 0.1) is 6.54 Å². The fourth-order valence-corrected chi connectivity index (χ4v) is 4.59. The molecule has 0 aromatic heterocycles.